The predicted octanol–water partition coefficient (Wildman–Crippen LogP) is 0.387. The Bertz CT molecular complexity index is 1240. The summed E-state index contributed by atoms with van der Waals surface area (Å²) in [7, 11) is -9.63. The monoisotopic (exact) mass is 569 g/mol. The van der Waals surface area contributed by atoms with E-state index < -0.39 is 57.9 Å². The van der Waals surface area contributed by atoms with E-state index in [1.165, 1.54) is 10.9 Å². The number of aliphatic hydroxyl groups excluding tert-OH is 2. The average molecular weight is 570 g/mol. The molecule has 0 spiro atoms. The largest absolute Gasteiger partial charge is 0.387 e. The van der Waals surface area contributed by atoms with Crippen molar-refractivity contribution in [1.29, 1.82) is 0 Å². The van der Waals surface area contributed by atoms with E-state index >= 15 is 0 Å². The van der Waals surface area contributed by atoms with Gasteiger partial charge >= 0.3 is 15.2 Å². The number of rotatable bonds is 8. The lowest BCUT2D eigenvalue weighted by atomic mass is 10.0. The smallest absolute Gasteiger partial charge is 0.340 e. The zero-order valence-corrected chi connectivity index (χ0v) is 21.3. The molecule has 2 aromatic rings. The number of aliphatic hydroxyl groups is 2. The van der Waals surface area contributed by atoms with Gasteiger partial charge in [-0.05, 0) is 24.4 Å². The van der Waals surface area contributed by atoms with Gasteiger partial charge in [-0.3, -0.25) is 13.7 Å². The summed E-state index contributed by atoms with van der Waals surface area (Å²) < 4.78 is 41.1. The number of aromatic nitrogens is 4. The molecule has 4 heterocycles. The second kappa shape index (κ2) is 9.51. The summed E-state index contributed by atoms with van der Waals surface area (Å²) in [6.07, 6.45) is -0.103. The molecule has 36 heavy (non-hydrogen) atoms. The predicted molar refractivity (Wildman–Crippen MR) is 123 cm³/mol. The van der Waals surface area contributed by atoms with Crippen molar-refractivity contribution >= 4 is 43.6 Å². The van der Waals surface area contributed by atoms with Crippen LogP contribution >= 0.6 is 26.8 Å². The van der Waals surface area contributed by atoms with Gasteiger partial charge < -0.3 is 39.7 Å². The lowest BCUT2D eigenvalue weighted by Crippen LogP contribution is -2.52. The third kappa shape index (κ3) is 5.20. The summed E-state index contributed by atoms with van der Waals surface area (Å²) in [6, 6.07) is 0.253. The van der Waals surface area contributed by atoms with Crippen LogP contribution in [0.2, 0.25) is 5.28 Å². The second-order valence-corrected chi connectivity index (χ2v) is 13.5. The fraction of sp³-hybridized carbons (Fsp3) is 0.722. The molecule has 0 aromatic carbocycles. The summed E-state index contributed by atoms with van der Waals surface area (Å²) >= 11 is 6.16. The topological polar surface area (TPSA) is 219 Å². The van der Waals surface area contributed by atoms with E-state index in [1.54, 1.807) is 0 Å². The van der Waals surface area contributed by atoms with Gasteiger partial charge in [-0.2, -0.15) is 15.1 Å². The molecule has 2 saturated heterocycles. The number of ether oxygens (including phenoxy) is 2. The Morgan fingerprint density at radius 3 is 2.64 bits per heavy atom. The van der Waals surface area contributed by atoms with Crippen LogP contribution in [-0.4, -0.2) is 93.4 Å². The maximum absolute atomic E-state index is 12.2. The minimum absolute atomic E-state index is 0.0187. The maximum Gasteiger partial charge on any atom is 0.340 e. The fourth-order valence-electron chi connectivity index (χ4n) is 4.91. The van der Waals surface area contributed by atoms with Crippen molar-refractivity contribution in [2.45, 2.75) is 68.5 Å². The van der Waals surface area contributed by atoms with Crippen LogP contribution in [0.25, 0.3) is 11.0 Å². The average Bonchev–Trinajstić information content (AvgIpc) is 3.46. The Morgan fingerprint density at radius 1 is 1.22 bits per heavy atom. The zero-order valence-electron chi connectivity index (χ0n) is 18.8. The minimum atomic E-state index is -4.87. The molecule has 3 aliphatic rings. The van der Waals surface area contributed by atoms with E-state index in [9.17, 15) is 24.2 Å². The second-order valence-electron chi connectivity index (χ2n) is 9.23. The summed E-state index contributed by atoms with van der Waals surface area (Å²) in [5.74, 6) is -2.69. The normalized spacial score (nSPS) is 32.7. The molecule has 0 amide bonds. The van der Waals surface area contributed by atoms with Gasteiger partial charge in [0.2, 0.25) is 11.1 Å². The lowest BCUT2D eigenvalue weighted by Gasteiger charge is -2.38. The maximum atomic E-state index is 12.2. The van der Waals surface area contributed by atoms with Crippen LogP contribution < -0.4 is 5.32 Å². The van der Waals surface area contributed by atoms with Gasteiger partial charge in [-0.15, -0.1) is 0 Å². The molecule has 2 aliphatic heterocycles. The van der Waals surface area contributed by atoms with Crippen LogP contribution in [0.4, 0.5) is 5.82 Å². The van der Waals surface area contributed by atoms with Crippen molar-refractivity contribution in [2.75, 3.05) is 17.8 Å². The first-order chi connectivity index (χ1) is 16.9. The van der Waals surface area contributed by atoms with Gasteiger partial charge in [0.05, 0.1) is 18.2 Å². The number of fused-ring (bicyclic) bond motifs is 3. The molecule has 6 atom stereocenters. The summed E-state index contributed by atoms with van der Waals surface area (Å²) in [6.45, 7) is -0.638. The lowest BCUT2D eigenvalue weighted by molar-refractivity contribution is -0.310. The minimum Gasteiger partial charge on any atom is -0.387 e. The van der Waals surface area contributed by atoms with Crippen molar-refractivity contribution in [3.8, 4) is 0 Å². The summed E-state index contributed by atoms with van der Waals surface area (Å²) in [4.78, 5) is 36.4. The number of nitrogens with zero attached hydrogens (tertiary/aromatic N) is 4. The molecule has 2 bridgehead atoms. The van der Waals surface area contributed by atoms with E-state index in [2.05, 4.69) is 20.4 Å². The highest BCUT2D eigenvalue weighted by molar-refractivity contribution is 7.70. The van der Waals surface area contributed by atoms with Crippen LogP contribution in [0.5, 0.6) is 0 Å². The van der Waals surface area contributed by atoms with Crippen LogP contribution in [0.3, 0.4) is 0 Å². The van der Waals surface area contributed by atoms with Gasteiger partial charge in [-0.1, -0.05) is 12.8 Å². The van der Waals surface area contributed by atoms with Crippen molar-refractivity contribution in [3.63, 3.8) is 0 Å². The number of hydrogen-bond acceptors (Lipinski definition) is 11. The van der Waals surface area contributed by atoms with E-state index in [-0.39, 0.29) is 17.9 Å². The third-order valence-corrected chi connectivity index (χ3v) is 10.2. The van der Waals surface area contributed by atoms with E-state index in [0.717, 1.165) is 25.7 Å². The van der Waals surface area contributed by atoms with Gasteiger partial charge in [0.15, 0.2) is 11.6 Å². The first-order valence-corrected chi connectivity index (χ1v) is 15.2. The van der Waals surface area contributed by atoms with E-state index in [0.29, 0.717) is 16.9 Å². The molecule has 1 aliphatic carbocycles. The Hall–Kier alpha value is -1.22. The van der Waals surface area contributed by atoms with Crippen molar-refractivity contribution in [1.82, 2.24) is 19.7 Å². The first kappa shape index (κ1) is 26.4. The van der Waals surface area contributed by atoms with Gasteiger partial charge in [0.25, 0.3) is 0 Å². The molecule has 5 rings (SSSR count). The molecule has 6 N–H and O–H groups in total. The number of hydrogen-bond donors (Lipinski definition) is 6. The van der Waals surface area contributed by atoms with Crippen LogP contribution in [-0.2, 0) is 29.7 Å². The molecule has 200 valence electrons. The Morgan fingerprint density at radius 2 is 1.94 bits per heavy atom. The Kier molecular flexibility index (Phi) is 6.97. The number of anilines is 1. The van der Waals surface area contributed by atoms with E-state index in [4.69, 9.17) is 35.4 Å². The molecule has 18 heteroatoms. The fourth-order valence-corrected chi connectivity index (χ4v) is 7.81. The van der Waals surface area contributed by atoms with Crippen LogP contribution in [0, 0.1) is 0 Å². The third-order valence-electron chi connectivity index (χ3n) is 6.50. The van der Waals surface area contributed by atoms with E-state index in [1.807, 2.05) is 0 Å². The standard InChI is InChI=1S/C18H26ClN5O10P2/c19-17-22-15(21-9-3-1-2-4-9)10-5-20-24(16(10)23-17)7-18-14(26)12(25)13(33-18)11(6-32-18)34-36(30,31)8-35(27,28)29/h5,9,11-14,25-26H,1-4,6-8H2,(H,30,31)(H,21,22,23)(H2,27,28,29)/t11?,12-,13-,14-,18-/m1/s1. The Balaban J connectivity index is 1.37. The summed E-state index contributed by atoms with van der Waals surface area (Å²) in [5, 5.41) is 29.6. The molecular weight excluding hydrogens is 544 g/mol. The molecule has 3 fully saturated rings. The molecule has 15 nitrogen and oxygen atoms in total. The quantitative estimate of drug-likeness (QED) is 0.187. The molecule has 1 saturated carbocycles. The summed E-state index contributed by atoms with van der Waals surface area (Å²) in [5.41, 5.74) is 0.335. The Labute approximate surface area is 209 Å². The first-order valence-electron chi connectivity index (χ1n) is 11.2. The molecule has 2 unspecified atom stereocenters. The van der Waals surface area contributed by atoms with Crippen molar-refractivity contribution in [2.24, 2.45) is 0 Å². The number of nitrogens with one attached hydrogen (secondary N) is 1. The highest BCUT2D eigenvalue weighted by Gasteiger charge is 2.62. The number of halogens is 1. The SMILES string of the molecule is O=P(O)(O)CP(=O)(O)OC1CO[C@]2(Cn3ncc4c(NC5CCCC5)nc(Cl)nc43)O[C@H]1[C@@H](O)[C@H]2O. The van der Waals surface area contributed by atoms with Gasteiger partial charge in [0, 0.05) is 6.04 Å². The van der Waals surface area contributed by atoms with Gasteiger partial charge in [0.1, 0.15) is 36.8 Å². The highest BCUT2D eigenvalue weighted by atomic mass is 35.5. The molecule has 2 aromatic heterocycles. The van der Waals surface area contributed by atoms with Crippen LogP contribution in [0.15, 0.2) is 6.20 Å². The van der Waals surface area contributed by atoms with Gasteiger partial charge in [-0.25, -0.2) is 4.68 Å². The zero-order chi connectivity index (χ0) is 25.9. The molecule has 0 radical (unpaired) electrons. The van der Waals surface area contributed by atoms with Crippen molar-refractivity contribution in [3.05, 3.63) is 11.5 Å². The van der Waals surface area contributed by atoms with Crippen molar-refractivity contribution < 1.29 is 48.0 Å². The molecular formula is C18H26ClN5O10P2. The van der Waals surface area contributed by atoms with Crippen LogP contribution in [0.1, 0.15) is 25.7 Å². The highest BCUT2D eigenvalue weighted by Crippen LogP contribution is 2.57.